The van der Waals surface area contributed by atoms with Gasteiger partial charge in [-0.1, -0.05) is 29.8 Å². The molecule has 4 rings (SSSR count). The van der Waals surface area contributed by atoms with Crippen molar-refractivity contribution in [3.63, 3.8) is 0 Å². The van der Waals surface area contributed by atoms with Crippen molar-refractivity contribution in [3.8, 4) is 0 Å². The van der Waals surface area contributed by atoms with Gasteiger partial charge in [-0.3, -0.25) is 4.90 Å². The summed E-state index contributed by atoms with van der Waals surface area (Å²) in [6.45, 7) is 8.37. The number of urea groups is 1. The number of amides is 2. The second-order valence-corrected chi connectivity index (χ2v) is 9.89. The first kappa shape index (κ1) is 24.8. The molecule has 0 bridgehead atoms. The summed E-state index contributed by atoms with van der Waals surface area (Å²) in [7, 11) is 0. The van der Waals surface area contributed by atoms with Crippen molar-refractivity contribution in [2.45, 2.75) is 58.0 Å². The Morgan fingerprint density at radius 1 is 1.06 bits per heavy atom. The molecule has 2 unspecified atom stereocenters. The molecule has 0 aromatic heterocycles. The van der Waals surface area contributed by atoms with Gasteiger partial charge in [-0.05, 0) is 62.1 Å². The molecule has 184 valence electrons. The lowest BCUT2D eigenvalue weighted by molar-refractivity contribution is -0.00539. The number of ether oxygens (including phenoxy) is 1. The zero-order valence-electron chi connectivity index (χ0n) is 19.9. The first-order chi connectivity index (χ1) is 16.4. The topological polar surface area (TPSA) is 56.8 Å². The molecule has 0 spiro atoms. The second kappa shape index (κ2) is 11.4. The molecule has 2 saturated heterocycles. The highest BCUT2D eigenvalue weighted by molar-refractivity contribution is 6.30. The summed E-state index contributed by atoms with van der Waals surface area (Å²) in [6.07, 6.45) is 1.94. The SMILES string of the molecule is CC1CN(c2ccc(CNC(=O)NC3CCN(Cc4ccc(Cl)cc4)CC3)cc2F)CC(C)O1. The summed E-state index contributed by atoms with van der Waals surface area (Å²) >= 11 is 5.96. The van der Waals surface area contributed by atoms with Crippen LogP contribution in [0.2, 0.25) is 5.02 Å². The summed E-state index contributed by atoms with van der Waals surface area (Å²) < 4.78 is 20.5. The minimum atomic E-state index is -0.269. The van der Waals surface area contributed by atoms with E-state index in [1.165, 1.54) is 11.6 Å². The Balaban J connectivity index is 1.20. The van der Waals surface area contributed by atoms with E-state index in [1.807, 2.05) is 36.9 Å². The number of piperidine rings is 1. The van der Waals surface area contributed by atoms with Gasteiger partial charge < -0.3 is 20.3 Å². The number of morpholine rings is 1. The molecule has 34 heavy (non-hydrogen) atoms. The van der Waals surface area contributed by atoms with Crippen molar-refractivity contribution in [2.75, 3.05) is 31.1 Å². The van der Waals surface area contributed by atoms with Gasteiger partial charge in [0, 0.05) is 50.3 Å². The van der Waals surface area contributed by atoms with E-state index in [1.54, 1.807) is 6.07 Å². The summed E-state index contributed by atoms with van der Waals surface area (Å²) in [5.74, 6) is -0.269. The average Bonchev–Trinajstić information content (AvgIpc) is 2.80. The summed E-state index contributed by atoms with van der Waals surface area (Å²) in [5.41, 5.74) is 2.56. The van der Waals surface area contributed by atoms with Crippen LogP contribution in [0.5, 0.6) is 0 Å². The van der Waals surface area contributed by atoms with Crippen LogP contribution in [0.4, 0.5) is 14.9 Å². The highest BCUT2D eigenvalue weighted by Crippen LogP contribution is 2.24. The zero-order chi connectivity index (χ0) is 24.1. The molecule has 8 heteroatoms. The maximum Gasteiger partial charge on any atom is 0.315 e. The number of hydrogen-bond acceptors (Lipinski definition) is 4. The maximum absolute atomic E-state index is 14.8. The number of hydrogen-bond donors (Lipinski definition) is 2. The van der Waals surface area contributed by atoms with Gasteiger partial charge in [0.25, 0.3) is 0 Å². The largest absolute Gasteiger partial charge is 0.372 e. The van der Waals surface area contributed by atoms with Gasteiger partial charge in [-0.25, -0.2) is 9.18 Å². The Kier molecular flexibility index (Phi) is 8.29. The van der Waals surface area contributed by atoms with Crippen LogP contribution < -0.4 is 15.5 Å². The van der Waals surface area contributed by atoms with Crippen LogP contribution in [0.25, 0.3) is 0 Å². The Hall–Kier alpha value is -2.35. The van der Waals surface area contributed by atoms with Crippen LogP contribution in [0, 0.1) is 5.82 Å². The van der Waals surface area contributed by atoms with E-state index in [2.05, 4.69) is 27.7 Å². The fourth-order valence-corrected chi connectivity index (χ4v) is 4.92. The van der Waals surface area contributed by atoms with E-state index in [-0.39, 0.29) is 36.6 Å². The Morgan fingerprint density at radius 3 is 2.35 bits per heavy atom. The monoisotopic (exact) mass is 488 g/mol. The molecule has 2 aliphatic rings. The van der Waals surface area contributed by atoms with E-state index >= 15 is 0 Å². The molecule has 2 fully saturated rings. The third kappa shape index (κ3) is 6.84. The average molecular weight is 489 g/mol. The molecule has 2 amide bonds. The summed E-state index contributed by atoms with van der Waals surface area (Å²) in [5, 5.41) is 6.67. The van der Waals surface area contributed by atoms with Crippen molar-refractivity contribution in [1.82, 2.24) is 15.5 Å². The van der Waals surface area contributed by atoms with Gasteiger partial charge in [0.2, 0.25) is 0 Å². The lowest BCUT2D eigenvalue weighted by atomic mass is 10.0. The van der Waals surface area contributed by atoms with E-state index in [9.17, 15) is 9.18 Å². The molecule has 0 saturated carbocycles. The number of benzene rings is 2. The number of carbonyl (C=O) groups is 1. The smallest absolute Gasteiger partial charge is 0.315 e. The quantitative estimate of drug-likeness (QED) is 0.626. The van der Waals surface area contributed by atoms with Gasteiger partial charge in [0.15, 0.2) is 0 Å². The van der Waals surface area contributed by atoms with Crippen LogP contribution >= 0.6 is 11.6 Å². The number of halogens is 2. The normalized spacial score (nSPS) is 21.9. The van der Waals surface area contributed by atoms with Gasteiger partial charge in [0.1, 0.15) is 5.82 Å². The third-order valence-corrected chi connectivity index (χ3v) is 6.72. The highest BCUT2D eigenvalue weighted by atomic mass is 35.5. The van der Waals surface area contributed by atoms with Crippen molar-refractivity contribution in [1.29, 1.82) is 0 Å². The van der Waals surface area contributed by atoms with Gasteiger partial charge in [-0.2, -0.15) is 0 Å². The fraction of sp³-hybridized carbons (Fsp3) is 0.500. The Morgan fingerprint density at radius 2 is 1.71 bits per heavy atom. The molecule has 0 aliphatic carbocycles. The lowest BCUT2D eigenvalue weighted by Crippen LogP contribution is -2.47. The Labute approximate surface area is 206 Å². The van der Waals surface area contributed by atoms with Gasteiger partial charge >= 0.3 is 6.03 Å². The molecular weight excluding hydrogens is 455 g/mol. The van der Waals surface area contributed by atoms with Crippen LogP contribution in [-0.4, -0.2) is 55.4 Å². The molecule has 2 aromatic carbocycles. The van der Waals surface area contributed by atoms with E-state index in [4.69, 9.17) is 16.3 Å². The van der Waals surface area contributed by atoms with E-state index in [0.717, 1.165) is 43.1 Å². The highest BCUT2D eigenvalue weighted by Gasteiger charge is 2.24. The summed E-state index contributed by atoms with van der Waals surface area (Å²) in [6, 6.07) is 13.0. The molecule has 2 aliphatic heterocycles. The molecular formula is C26H34ClFN4O2. The van der Waals surface area contributed by atoms with Crippen molar-refractivity contribution in [3.05, 3.63) is 64.4 Å². The molecule has 2 N–H and O–H groups in total. The third-order valence-electron chi connectivity index (χ3n) is 6.47. The number of likely N-dealkylation sites (tertiary alicyclic amines) is 1. The van der Waals surface area contributed by atoms with Crippen molar-refractivity contribution in [2.24, 2.45) is 0 Å². The number of anilines is 1. The predicted octanol–water partition coefficient (Wildman–Crippen LogP) is 4.56. The van der Waals surface area contributed by atoms with E-state index in [0.29, 0.717) is 18.8 Å². The first-order valence-electron chi connectivity index (χ1n) is 12.1. The maximum atomic E-state index is 14.8. The molecule has 2 aromatic rings. The minimum Gasteiger partial charge on any atom is -0.372 e. The zero-order valence-corrected chi connectivity index (χ0v) is 20.7. The van der Waals surface area contributed by atoms with Crippen LogP contribution in [0.1, 0.15) is 37.8 Å². The number of nitrogens with one attached hydrogen (secondary N) is 2. The number of carbonyl (C=O) groups excluding carboxylic acids is 1. The predicted molar refractivity (Wildman–Crippen MR) is 134 cm³/mol. The molecule has 2 heterocycles. The first-order valence-corrected chi connectivity index (χ1v) is 12.4. The van der Waals surface area contributed by atoms with Crippen molar-refractivity contribution >= 4 is 23.3 Å². The molecule has 2 atom stereocenters. The molecule has 0 radical (unpaired) electrons. The van der Waals surface area contributed by atoms with Gasteiger partial charge in [-0.15, -0.1) is 0 Å². The van der Waals surface area contributed by atoms with Crippen LogP contribution in [-0.2, 0) is 17.8 Å². The van der Waals surface area contributed by atoms with Gasteiger partial charge in [0.05, 0.1) is 17.9 Å². The summed E-state index contributed by atoms with van der Waals surface area (Å²) in [4.78, 5) is 16.8. The second-order valence-electron chi connectivity index (χ2n) is 9.45. The van der Waals surface area contributed by atoms with Crippen LogP contribution in [0.3, 0.4) is 0 Å². The fourth-order valence-electron chi connectivity index (χ4n) is 4.79. The number of nitrogens with zero attached hydrogens (tertiary/aromatic N) is 2. The standard InChI is InChI=1S/C26H34ClFN4O2/c1-18-15-32(16-19(2)34-18)25-8-5-21(13-24(25)28)14-29-26(33)30-23-9-11-31(12-10-23)17-20-3-6-22(27)7-4-20/h3-8,13,18-19,23H,9-12,14-17H2,1-2H3,(H2,29,30,33). The van der Waals surface area contributed by atoms with E-state index < -0.39 is 0 Å². The number of rotatable bonds is 6. The van der Waals surface area contributed by atoms with Crippen LogP contribution in [0.15, 0.2) is 42.5 Å². The van der Waals surface area contributed by atoms with Crippen molar-refractivity contribution < 1.29 is 13.9 Å². The molecule has 6 nitrogen and oxygen atoms in total. The lowest BCUT2D eigenvalue weighted by Gasteiger charge is -2.37. The minimum absolute atomic E-state index is 0.0671. The Bertz CT molecular complexity index is 956.